The highest BCUT2D eigenvalue weighted by Crippen LogP contribution is 2.29. The van der Waals surface area contributed by atoms with Crippen molar-refractivity contribution in [2.45, 2.75) is 38.7 Å². The topological polar surface area (TPSA) is 56.7 Å². The predicted octanol–water partition coefficient (Wildman–Crippen LogP) is 3.13. The Kier molecular flexibility index (Phi) is 7.62. The van der Waals surface area contributed by atoms with Gasteiger partial charge in [0.25, 0.3) is 0 Å². The van der Waals surface area contributed by atoms with Crippen molar-refractivity contribution in [2.75, 3.05) is 40.5 Å². The molecule has 3 rings (SSSR count). The highest BCUT2D eigenvalue weighted by atomic mass is 16.5. The van der Waals surface area contributed by atoms with Gasteiger partial charge in [-0.15, -0.1) is 0 Å². The van der Waals surface area contributed by atoms with E-state index in [1.807, 2.05) is 30.5 Å². The first-order valence-electron chi connectivity index (χ1n) is 10.1. The van der Waals surface area contributed by atoms with Crippen LogP contribution in [0.2, 0.25) is 0 Å². The van der Waals surface area contributed by atoms with Crippen molar-refractivity contribution >= 4 is 0 Å². The third-order valence-electron chi connectivity index (χ3n) is 5.13. The van der Waals surface area contributed by atoms with Crippen LogP contribution in [0.25, 0.3) is 0 Å². The average molecular weight is 386 g/mol. The van der Waals surface area contributed by atoms with Crippen LogP contribution in [-0.4, -0.2) is 61.4 Å². The first-order valence-corrected chi connectivity index (χ1v) is 10.1. The second-order valence-electron chi connectivity index (χ2n) is 7.16. The highest BCUT2D eigenvalue weighted by Gasteiger charge is 2.18. The number of methoxy groups -OCH3 is 2. The van der Waals surface area contributed by atoms with Crippen LogP contribution in [0.15, 0.2) is 30.5 Å². The number of benzene rings is 1. The van der Waals surface area contributed by atoms with Crippen LogP contribution in [0.4, 0.5) is 0 Å². The molecule has 0 radical (unpaired) electrons. The van der Waals surface area contributed by atoms with Crippen LogP contribution >= 0.6 is 0 Å². The molecular formula is C22H31N3O3. The van der Waals surface area contributed by atoms with E-state index < -0.39 is 0 Å². The van der Waals surface area contributed by atoms with Crippen molar-refractivity contribution in [3.63, 3.8) is 0 Å². The molecule has 2 heterocycles. The minimum Gasteiger partial charge on any atom is -0.493 e. The summed E-state index contributed by atoms with van der Waals surface area (Å²) in [4.78, 5) is 11.4. The molecule has 1 fully saturated rings. The van der Waals surface area contributed by atoms with E-state index >= 15 is 0 Å². The zero-order valence-electron chi connectivity index (χ0n) is 17.2. The molecule has 1 atom stereocenters. The van der Waals surface area contributed by atoms with Gasteiger partial charge >= 0.3 is 0 Å². The molecule has 0 unspecified atom stereocenters. The van der Waals surface area contributed by atoms with Crippen LogP contribution in [0, 0.1) is 0 Å². The maximum atomic E-state index is 6.10. The van der Waals surface area contributed by atoms with Gasteiger partial charge in [0.1, 0.15) is 18.5 Å². The van der Waals surface area contributed by atoms with E-state index in [0.29, 0.717) is 13.0 Å². The fourth-order valence-electron chi connectivity index (χ4n) is 3.48. The summed E-state index contributed by atoms with van der Waals surface area (Å²) in [6.07, 6.45) is 5.97. The number of nitrogens with zero attached hydrogens (tertiary/aromatic N) is 3. The van der Waals surface area contributed by atoms with Gasteiger partial charge in [-0.05, 0) is 56.1 Å². The van der Waals surface area contributed by atoms with Crippen molar-refractivity contribution in [1.82, 2.24) is 14.9 Å². The fourth-order valence-corrected chi connectivity index (χ4v) is 3.48. The number of ether oxygens (including phenoxy) is 3. The number of hydrogen-bond donors (Lipinski definition) is 0. The van der Waals surface area contributed by atoms with E-state index in [2.05, 4.69) is 21.8 Å². The Morgan fingerprint density at radius 2 is 1.93 bits per heavy atom. The van der Waals surface area contributed by atoms with Gasteiger partial charge in [0.2, 0.25) is 0 Å². The second kappa shape index (κ2) is 10.4. The minimum absolute atomic E-state index is 0.0380. The molecule has 152 valence electrons. The van der Waals surface area contributed by atoms with Gasteiger partial charge in [0, 0.05) is 32.0 Å². The standard InChI is InChI=1S/C22H31N3O3/c1-4-18-9-10-23-22(24-18)14-17-7-8-20(27-3)21(13-17)28-16-19(26-2)15-25-11-5-6-12-25/h7-10,13,19H,4-6,11-12,14-16H2,1-3H3/t19-/m0/s1. The summed E-state index contributed by atoms with van der Waals surface area (Å²) in [6, 6.07) is 7.95. The number of rotatable bonds is 10. The van der Waals surface area contributed by atoms with Gasteiger partial charge in [0.05, 0.1) is 7.11 Å². The summed E-state index contributed by atoms with van der Waals surface area (Å²) >= 11 is 0. The molecule has 6 nitrogen and oxygen atoms in total. The van der Waals surface area contributed by atoms with Crippen molar-refractivity contribution in [2.24, 2.45) is 0 Å². The van der Waals surface area contributed by atoms with E-state index in [1.54, 1.807) is 14.2 Å². The molecule has 1 aliphatic rings. The molecule has 1 aromatic heterocycles. The zero-order chi connectivity index (χ0) is 19.8. The molecule has 2 aromatic rings. The molecule has 0 aliphatic carbocycles. The van der Waals surface area contributed by atoms with E-state index in [4.69, 9.17) is 14.2 Å². The maximum Gasteiger partial charge on any atom is 0.161 e. The third kappa shape index (κ3) is 5.66. The molecule has 0 bridgehead atoms. The summed E-state index contributed by atoms with van der Waals surface area (Å²) < 4.78 is 17.2. The molecule has 0 spiro atoms. The van der Waals surface area contributed by atoms with Crippen LogP contribution in [0.1, 0.15) is 36.8 Å². The molecular weight excluding hydrogens is 354 g/mol. The fraction of sp³-hybridized carbons (Fsp3) is 0.545. The lowest BCUT2D eigenvalue weighted by molar-refractivity contribution is 0.0339. The number of likely N-dealkylation sites (tertiary alicyclic amines) is 1. The van der Waals surface area contributed by atoms with E-state index in [0.717, 1.165) is 54.6 Å². The van der Waals surface area contributed by atoms with Crippen molar-refractivity contribution in [3.05, 3.63) is 47.5 Å². The summed E-state index contributed by atoms with van der Waals surface area (Å²) in [5.74, 6) is 2.28. The normalized spacial score (nSPS) is 15.5. The summed E-state index contributed by atoms with van der Waals surface area (Å²) in [5.41, 5.74) is 2.15. The smallest absolute Gasteiger partial charge is 0.161 e. The summed E-state index contributed by atoms with van der Waals surface area (Å²) in [6.45, 7) is 5.79. The highest BCUT2D eigenvalue weighted by molar-refractivity contribution is 5.43. The predicted molar refractivity (Wildman–Crippen MR) is 109 cm³/mol. The van der Waals surface area contributed by atoms with E-state index in [1.165, 1.54) is 12.8 Å². The second-order valence-corrected chi connectivity index (χ2v) is 7.16. The van der Waals surface area contributed by atoms with Gasteiger partial charge in [0.15, 0.2) is 11.5 Å². The molecule has 1 aromatic carbocycles. The lowest BCUT2D eigenvalue weighted by Crippen LogP contribution is -2.35. The largest absolute Gasteiger partial charge is 0.493 e. The molecule has 1 aliphatic heterocycles. The molecule has 0 saturated carbocycles. The molecule has 28 heavy (non-hydrogen) atoms. The number of aromatic nitrogens is 2. The Morgan fingerprint density at radius 3 is 2.64 bits per heavy atom. The zero-order valence-corrected chi connectivity index (χ0v) is 17.2. The molecule has 0 N–H and O–H groups in total. The van der Waals surface area contributed by atoms with Crippen LogP contribution in [-0.2, 0) is 17.6 Å². The number of hydrogen-bond acceptors (Lipinski definition) is 6. The van der Waals surface area contributed by atoms with Crippen LogP contribution in [0.3, 0.4) is 0 Å². The average Bonchev–Trinajstić information content (AvgIpc) is 3.24. The quantitative estimate of drug-likeness (QED) is 0.626. The van der Waals surface area contributed by atoms with E-state index in [9.17, 15) is 0 Å². The Bertz CT molecular complexity index is 748. The Hall–Kier alpha value is -2.18. The van der Waals surface area contributed by atoms with E-state index in [-0.39, 0.29) is 6.10 Å². The van der Waals surface area contributed by atoms with Crippen LogP contribution < -0.4 is 9.47 Å². The van der Waals surface area contributed by atoms with Gasteiger partial charge in [-0.2, -0.15) is 0 Å². The minimum atomic E-state index is 0.0380. The molecule has 0 amide bonds. The van der Waals surface area contributed by atoms with Gasteiger partial charge in [-0.3, -0.25) is 0 Å². The van der Waals surface area contributed by atoms with Gasteiger partial charge < -0.3 is 19.1 Å². The Morgan fingerprint density at radius 1 is 1.11 bits per heavy atom. The van der Waals surface area contributed by atoms with Crippen molar-refractivity contribution < 1.29 is 14.2 Å². The third-order valence-corrected chi connectivity index (χ3v) is 5.13. The molecule has 1 saturated heterocycles. The first-order chi connectivity index (χ1) is 13.7. The monoisotopic (exact) mass is 385 g/mol. The van der Waals surface area contributed by atoms with Gasteiger partial charge in [-0.1, -0.05) is 13.0 Å². The van der Waals surface area contributed by atoms with Crippen molar-refractivity contribution in [1.29, 1.82) is 0 Å². The lowest BCUT2D eigenvalue weighted by Gasteiger charge is -2.23. The summed E-state index contributed by atoms with van der Waals surface area (Å²) in [5, 5.41) is 0. The van der Waals surface area contributed by atoms with Gasteiger partial charge in [-0.25, -0.2) is 9.97 Å². The van der Waals surface area contributed by atoms with Crippen LogP contribution in [0.5, 0.6) is 11.5 Å². The summed E-state index contributed by atoms with van der Waals surface area (Å²) in [7, 11) is 3.41. The van der Waals surface area contributed by atoms with Crippen molar-refractivity contribution in [3.8, 4) is 11.5 Å². The maximum absolute atomic E-state index is 6.10. The SMILES string of the molecule is CCc1ccnc(Cc2ccc(OC)c(OC[C@H](CN3CCCC3)OC)c2)n1. The first kappa shape index (κ1) is 20.6. The molecule has 6 heteroatoms. The Balaban J connectivity index is 1.66. The number of aryl methyl sites for hydroxylation is 1. The lowest BCUT2D eigenvalue weighted by atomic mass is 10.1. The Labute approximate surface area is 167 Å².